The number of carbonyl (C=O) groups is 2. The fraction of sp³-hybridized carbons (Fsp3) is 0.360. The van der Waals surface area contributed by atoms with Crippen LogP contribution in [0, 0.1) is 5.92 Å². The van der Waals surface area contributed by atoms with Gasteiger partial charge < -0.3 is 20.3 Å². The van der Waals surface area contributed by atoms with Crippen LogP contribution in [0.1, 0.15) is 37.0 Å². The third-order valence-corrected chi connectivity index (χ3v) is 5.26. The molecule has 6 nitrogen and oxygen atoms in total. The van der Waals surface area contributed by atoms with Crippen molar-refractivity contribution in [1.29, 1.82) is 0 Å². The first-order valence-electron chi connectivity index (χ1n) is 10.7. The molecular formula is C25H31N3O3. The molecule has 2 aromatic carbocycles. The van der Waals surface area contributed by atoms with Gasteiger partial charge >= 0.3 is 0 Å². The summed E-state index contributed by atoms with van der Waals surface area (Å²) in [7, 11) is 0. The topological polar surface area (TPSA) is 70.7 Å². The van der Waals surface area contributed by atoms with Crippen molar-refractivity contribution in [1.82, 2.24) is 4.90 Å². The first-order chi connectivity index (χ1) is 14.9. The minimum atomic E-state index is -0.169. The number of piperidine rings is 1. The van der Waals surface area contributed by atoms with Crippen LogP contribution in [0.2, 0.25) is 0 Å². The summed E-state index contributed by atoms with van der Waals surface area (Å²) in [6.07, 6.45) is 2.09. The summed E-state index contributed by atoms with van der Waals surface area (Å²) in [6.45, 7) is 10.1. The van der Waals surface area contributed by atoms with E-state index in [4.69, 9.17) is 4.74 Å². The van der Waals surface area contributed by atoms with Crippen molar-refractivity contribution in [2.75, 3.05) is 36.9 Å². The Morgan fingerprint density at radius 2 is 1.81 bits per heavy atom. The molecule has 1 saturated heterocycles. The Morgan fingerprint density at radius 3 is 2.48 bits per heavy atom. The second-order valence-corrected chi connectivity index (χ2v) is 8.23. The maximum atomic E-state index is 12.8. The van der Waals surface area contributed by atoms with Crippen molar-refractivity contribution in [2.24, 2.45) is 5.92 Å². The van der Waals surface area contributed by atoms with Crippen LogP contribution in [-0.4, -0.2) is 43.0 Å². The average molecular weight is 422 g/mol. The second-order valence-electron chi connectivity index (χ2n) is 8.23. The van der Waals surface area contributed by atoms with Gasteiger partial charge in [0.15, 0.2) is 0 Å². The van der Waals surface area contributed by atoms with Crippen LogP contribution in [0.5, 0.6) is 5.75 Å². The van der Waals surface area contributed by atoms with E-state index in [9.17, 15) is 9.59 Å². The summed E-state index contributed by atoms with van der Waals surface area (Å²) in [4.78, 5) is 27.0. The van der Waals surface area contributed by atoms with Crippen LogP contribution in [0.15, 0.2) is 60.7 Å². The number of carbonyl (C=O) groups excluding carboxylic acids is 2. The summed E-state index contributed by atoms with van der Waals surface area (Å²) < 4.78 is 5.56. The van der Waals surface area contributed by atoms with Crippen LogP contribution in [0.25, 0.3) is 0 Å². The number of nitrogens with one attached hydrogen (secondary N) is 2. The van der Waals surface area contributed by atoms with E-state index in [0.29, 0.717) is 23.8 Å². The van der Waals surface area contributed by atoms with E-state index in [2.05, 4.69) is 24.1 Å². The first kappa shape index (κ1) is 22.4. The molecule has 2 amide bonds. The number of anilines is 2. The van der Waals surface area contributed by atoms with Gasteiger partial charge in [-0.25, -0.2) is 0 Å². The van der Waals surface area contributed by atoms with Gasteiger partial charge in [-0.15, -0.1) is 0 Å². The fourth-order valence-corrected chi connectivity index (χ4v) is 3.38. The zero-order valence-corrected chi connectivity index (χ0v) is 18.3. The number of amides is 2. The molecule has 0 unspecified atom stereocenters. The lowest BCUT2D eigenvalue weighted by Crippen LogP contribution is -2.37. The third kappa shape index (κ3) is 6.88. The first-order valence-corrected chi connectivity index (χ1v) is 10.7. The molecule has 164 valence electrons. The highest BCUT2D eigenvalue weighted by atomic mass is 16.5. The lowest BCUT2D eigenvalue weighted by molar-refractivity contribution is -0.114. The summed E-state index contributed by atoms with van der Waals surface area (Å²) >= 11 is 0. The molecule has 0 radical (unpaired) electrons. The van der Waals surface area contributed by atoms with Gasteiger partial charge in [-0.1, -0.05) is 19.6 Å². The van der Waals surface area contributed by atoms with Crippen molar-refractivity contribution in [3.05, 3.63) is 66.2 Å². The van der Waals surface area contributed by atoms with Crippen molar-refractivity contribution in [3.8, 4) is 5.75 Å². The van der Waals surface area contributed by atoms with E-state index < -0.39 is 0 Å². The molecule has 0 aromatic heterocycles. The van der Waals surface area contributed by atoms with Crippen LogP contribution in [0.4, 0.5) is 11.4 Å². The Hall–Kier alpha value is -3.28. The van der Waals surface area contributed by atoms with Gasteiger partial charge in [-0.05, 0) is 73.7 Å². The van der Waals surface area contributed by atoms with Gasteiger partial charge in [0, 0.05) is 30.0 Å². The molecule has 2 N–H and O–H groups in total. The fourth-order valence-electron chi connectivity index (χ4n) is 3.38. The largest absolute Gasteiger partial charge is 0.489 e. The molecule has 1 heterocycles. The van der Waals surface area contributed by atoms with Crippen molar-refractivity contribution in [3.63, 3.8) is 0 Å². The molecule has 0 bridgehead atoms. The van der Waals surface area contributed by atoms with E-state index in [-0.39, 0.29) is 18.4 Å². The van der Waals surface area contributed by atoms with Gasteiger partial charge in [0.25, 0.3) is 5.91 Å². The minimum Gasteiger partial charge on any atom is -0.489 e. The SMILES string of the molecule is C=C(C)COc1ccc(NC(=O)CNc2cccc(C(=O)N3CCC(C)CC3)c2)cc1. The molecule has 1 fully saturated rings. The number of nitrogens with zero attached hydrogens (tertiary/aromatic N) is 1. The average Bonchev–Trinajstić information content (AvgIpc) is 2.77. The zero-order chi connectivity index (χ0) is 22.2. The van der Waals surface area contributed by atoms with Crippen LogP contribution >= 0.6 is 0 Å². The van der Waals surface area contributed by atoms with E-state index in [1.54, 1.807) is 18.2 Å². The molecule has 3 rings (SSSR count). The molecular weight excluding hydrogens is 390 g/mol. The van der Waals surface area contributed by atoms with Crippen molar-refractivity contribution >= 4 is 23.2 Å². The monoisotopic (exact) mass is 421 g/mol. The Kier molecular flexibility index (Phi) is 7.70. The molecule has 6 heteroatoms. The summed E-state index contributed by atoms with van der Waals surface area (Å²) in [5.41, 5.74) is 3.03. The van der Waals surface area contributed by atoms with E-state index in [1.807, 2.05) is 42.2 Å². The van der Waals surface area contributed by atoms with Gasteiger partial charge in [0.05, 0.1) is 6.54 Å². The number of likely N-dealkylation sites (tertiary alicyclic amines) is 1. The predicted octanol–water partition coefficient (Wildman–Crippen LogP) is 4.56. The van der Waals surface area contributed by atoms with E-state index >= 15 is 0 Å². The molecule has 2 aromatic rings. The quantitative estimate of drug-likeness (QED) is 0.613. The van der Waals surface area contributed by atoms with Crippen molar-refractivity contribution in [2.45, 2.75) is 26.7 Å². The molecule has 0 saturated carbocycles. The third-order valence-electron chi connectivity index (χ3n) is 5.26. The minimum absolute atomic E-state index is 0.0500. The highest BCUT2D eigenvalue weighted by Gasteiger charge is 2.21. The van der Waals surface area contributed by atoms with Gasteiger partial charge in [-0.3, -0.25) is 9.59 Å². The predicted molar refractivity (Wildman–Crippen MR) is 125 cm³/mol. The Bertz CT molecular complexity index is 916. The summed E-state index contributed by atoms with van der Waals surface area (Å²) in [5, 5.41) is 5.94. The number of hydrogen-bond acceptors (Lipinski definition) is 4. The van der Waals surface area contributed by atoms with E-state index in [1.165, 1.54) is 0 Å². The highest BCUT2D eigenvalue weighted by Crippen LogP contribution is 2.20. The Morgan fingerprint density at radius 1 is 1.10 bits per heavy atom. The summed E-state index contributed by atoms with van der Waals surface area (Å²) in [6, 6.07) is 14.5. The lowest BCUT2D eigenvalue weighted by Gasteiger charge is -2.30. The number of ether oxygens (including phenoxy) is 1. The smallest absolute Gasteiger partial charge is 0.253 e. The van der Waals surface area contributed by atoms with Crippen molar-refractivity contribution < 1.29 is 14.3 Å². The Labute approximate surface area is 184 Å². The zero-order valence-electron chi connectivity index (χ0n) is 18.3. The molecule has 1 aliphatic heterocycles. The second kappa shape index (κ2) is 10.7. The standard InChI is InChI=1S/C25H31N3O3/c1-18(2)17-31-23-9-7-21(8-10-23)27-24(29)16-26-22-6-4-5-20(15-22)25(30)28-13-11-19(3)12-14-28/h4-10,15,19,26H,1,11-14,16-17H2,2-3H3,(H,27,29). The normalized spacial score (nSPS) is 14.1. The van der Waals surface area contributed by atoms with Crippen LogP contribution < -0.4 is 15.4 Å². The number of benzene rings is 2. The molecule has 0 atom stereocenters. The van der Waals surface area contributed by atoms with Crippen LogP contribution in [-0.2, 0) is 4.79 Å². The van der Waals surface area contributed by atoms with Gasteiger partial charge in [0.2, 0.25) is 5.91 Å². The maximum absolute atomic E-state index is 12.8. The maximum Gasteiger partial charge on any atom is 0.253 e. The van der Waals surface area contributed by atoms with E-state index in [0.717, 1.165) is 42.9 Å². The molecule has 0 spiro atoms. The van der Waals surface area contributed by atoms with Crippen LogP contribution in [0.3, 0.4) is 0 Å². The van der Waals surface area contributed by atoms with Gasteiger partial charge in [0.1, 0.15) is 12.4 Å². The lowest BCUT2D eigenvalue weighted by atomic mass is 9.98. The molecule has 1 aliphatic rings. The summed E-state index contributed by atoms with van der Waals surface area (Å²) in [5.74, 6) is 1.28. The van der Waals surface area contributed by atoms with Gasteiger partial charge in [-0.2, -0.15) is 0 Å². The Balaban J connectivity index is 1.49. The number of hydrogen-bond donors (Lipinski definition) is 2. The molecule has 31 heavy (non-hydrogen) atoms. The highest BCUT2D eigenvalue weighted by molar-refractivity contribution is 5.96. The molecule has 0 aliphatic carbocycles. The number of rotatable bonds is 8.